The molecule has 14 nitrogen and oxygen atoms in total. The molecule has 0 bridgehead atoms. The Labute approximate surface area is 247 Å². The van der Waals surface area contributed by atoms with Gasteiger partial charge in [-0.25, -0.2) is 0 Å². The van der Waals surface area contributed by atoms with Gasteiger partial charge in [-0.1, -0.05) is 12.1 Å². The minimum Gasteiger partial charge on any atom is -0.468 e. The third-order valence-electron chi connectivity index (χ3n) is 6.30. The molecular formula is C29H33N9O5. The van der Waals surface area contributed by atoms with Crippen molar-refractivity contribution in [2.24, 2.45) is 0 Å². The zero-order valence-electron chi connectivity index (χ0n) is 23.7. The first kappa shape index (κ1) is 30.6. The Morgan fingerprint density at radius 1 is 0.860 bits per heavy atom. The van der Waals surface area contributed by atoms with Crippen molar-refractivity contribution < 1.29 is 23.9 Å². The topological polar surface area (TPSA) is 175 Å². The van der Waals surface area contributed by atoms with Crippen LogP contribution in [-0.4, -0.2) is 79.5 Å². The molecule has 4 aromatic heterocycles. The first-order chi connectivity index (χ1) is 20.9. The fraction of sp³-hybridized carbons (Fsp3) is 0.310. The highest BCUT2D eigenvalue weighted by Gasteiger charge is 2.21. The second-order valence-electron chi connectivity index (χ2n) is 9.51. The van der Waals surface area contributed by atoms with Crippen molar-refractivity contribution in [3.05, 3.63) is 73.4 Å². The van der Waals surface area contributed by atoms with E-state index >= 15 is 0 Å². The van der Waals surface area contributed by atoms with Crippen LogP contribution >= 0.6 is 0 Å². The summed E-state index contributed by atoms with van der Waals surface area (Å²) in [7, 11) is 1.22. The van der Waals surface area contributed by atoms with Crippen LogP contribution < -0.4 is 16.0 Å². The standard InChI is InChI=1S/C29H33N9O5/c1-43-28(41)17-33-29(42)25(35-27(40)20-38-18-21(16-34-38)22-8-2-5-12-30-22)10-4-7-14-32-26(39)19-37-15-11-24(36-37)23-9-3-6-13-31-23/h2-3,5-6,8-9,11-13,15-16,18,25H,4,7,10,14,17,19-20H2,1H3,(H,32,39)(H,33,42)(H,35,40)/t25-/m0/s1. The molecule has 0 aliphatic heterocycles. The van der Waals surface area contributed by atoms with Crippen molar-refractivity contribution in [3.8, 4) is 22.6 Å². The zero-order valence-corrected chi connectivity index (χ0v) is 23.7. The summed E-state index contributed by atoms with van der Waals surface area (Å²) >= 11 is 0. The summed E-state index contributed by atoms with van der Waals surface area (Å²) in [5.41, 5.74) is 2.87. The van der Waals surface area contributed by atoms with Crippen molar-refractivity contribution in [3.63, 3.8) is 0 Å². The number of esters is 1. The average molecular weight is 588 g/mol. The second kappa shape index (κ2) is 15.6. The number of methoxy groups -OCH3 is 1. The van der Waals surface area contributed by atoms with E-state index in [1.54, 1.807) is 37.1 Å². The molecule has 0 saturated heterocycles. The second-order valence-corrected chi connectivity index (χ2v) is 9.51. The lowest BCUT2D eigenvalue weighted by Gasteiger charge is -2.18. The van der Waals surface area contributed by atoms with Gasteiger partial charge < -0.3 is 20.7 Å². The molecule has 3 N–H and O–H groups in total. The van der Waals surface area contributed by atoms with Crippen LogP contribution in [-0.2, 0) is 37.0 Å². The predicted octanol–water partition coefficient (Wildman–Crippen LogP) is 0.964. The Bertz CT molecular complexity index is 1500. The summed E-state index contributed by atoms with van der Waals surface area (Å²) in [6.45, 7) is -0.00284. The van der Waals surface area contributed by atoms with Crippen molar-refractivity contribution in [2.75, 3.05) is 20.2 Å². The molecule has 0 aromatic carbocycles. The third-order valence-corrected chi connectivity index (χ3v) is 6.30. The Morgan fingerprint density at radius 2 is 1.60 bits per heavy atom. The Kier molecular flexibility index (Phi) is 11.1. The maximum Gasteiger partial charge on any atom is 0.325 e. The van der Waals surface area contributed by atoms with Crippen LogP contribution in [0.4, 0.5) is 0 Å². The van der Waals surface area contributed by atoms with E-state index in [0.717, 1.165) is 17.0 Å². The summed E-state index contributed by atoms with van der Waals surface area (Å²) in [5, 5.41) is 16.6. The highest BCUT2D eigenvalue weighted by atomic mass is 16.5. The highest BCUT2D eigenvalue weighted by Crippen LogP contribution is 2.15. The number of nitrogens with zero attached hydrogens (tertiary/aromatic N) is 6. The van der Waals surface area contributed by atoms with Crippen LogP contribution in [0.5, 0.6) is 0 Å². The Balaban J connectivity index is 1.23. The fourth-order valence-corrected chi connectivity index (χ4v) is 4.13. The number of hydrogen-bond acceptors (Lipinski definition) is 9. The van der Waals surface area contributed by atoms with Crippen LogP contribution in [0.25, 0.3) is 22.6 Å². The highest BCUT2D eigenvalue weighted by molar-refractivity contribution is 5.89. The number of aromatic nitrogens is 6. The van der Waals surface area contributed by atoms with E-state index in [4.69, 9.17) is 0 Å². The Morgan fingerprint density at radius 3 is 2.33 bits per heavy atom. The minimum absolute atomic E-state index is 0.0525. The number of nitrogens with one attached hydrogen (secondary N) is 3. The molecule has 0 spiro atoms. The summed E-state index contributed by atoms with van der Waals surface area (Å²) in [6, 6.07) is 11.9. The van der Waals surface area contributed by atoms with E-state index < -0.39 is 23.8 Å². The van der Waals surface area contributed by atoms with Gasteiger partial charge in [-0.05, 0) is 49.6 Å². The molecule has 3 amide bonds. The number of carbonyl (C=O) groups is 4. The van der Waals surface area contributed by atoms with Crippen molar-refractivity contribution in [1.29, 1.82) is 0 Å². The van der Waals surface area contributed by atoms with E-state index in [1.807, 2.05) is 36.4 Å². The van der Waals surface area contributed by atoms with E-state index in [1.165, 1.54) is 16.5 Å². The number of carbonyl (C=O) groups excluding carboxylic acids is 4. The number of pyridine rings is 2. The van der Waals surface area contributed by atoms with Gasteiger partial charge in [-0.15, -0.1) is 0 Å². The lowest BCUT2D eigenvalue weighted by molar-refractivity contribution is -0.141. The molecule has 4 aromatic rings. The third kappa shape index (κ3) is 9.59. The van der Waals surface area contributed by atoms with Gasteiger partial charge in [0.2, 0.25) is 17.7 Å². The van der Waals surface area contributed by atoms with E-state index in [9.17, 15) is 19.2 Å². The molecule has 1 atom stereocenters. The van der Waals surface area contributed by atoms with E-state index in [2.05, 4.69) is 40.9 Å². The van der Waals surface area contributed by atoms with Crippen molar-refractivity contribution in [1.82, 2.24) is 45.5 Å². The molecule has 4 rings (SSSR count). The maximum absolute atomic E-state index is 12.8. The molecule has 0 unspecified atom stereocenters. The molecule has 0 radical (unpaired) electrons. The number of ether oxygens (including phenoxy) is 1. The zero-order chi connectivity index (χ0) is 30.4. The van der Waals surface area contributed by atoms with Crippen LogP contribution in [0, 0.1) is 0 Å². The molecule has 0 saturated carbocycles. The quantitative estimate of drug-likeness (QED) is 0.135. The van der Waals surface area contributed by atoms with Crippen LogP contribution in [0.2, 0.25) is 0 Å². The number of rotatable bonds is 15. The maximum atomic E-state index is 12.8. The number of unbranched alkanes of at least 4 members (excludes halogenated alkanes) is 1. The SMILES string of the molecule is COC(=O)CNC(=O)[C@H](CCCCNC(=O)Cn1ccc(-c2ccccn2)n1)NC(=O)Cn1cc(-c2ccccn2)cn1. The van der Waals surface area contributed by atoms with Crippen molar-refractivity contribution in [2.45, 2.75) is 38.4 Å². The van der Waals surface area contributed by atoms with Gasteiger partial charge in [0, 0.05) is 36.9 Å². The molecule has 224 valence electrons. The molecule has 0 aliphatic carbocycles. The van der Waals surface area contributed by atoms with Gasteiger partial charge in [0.25, 0.3) is 0 Å². The van der Waals surface area contributed by atoms with Gasteiger partial charge >= 0.3 is 5.97 Å². The monoisotopic (exact) mass is 587 g/mol. The van der Waals surface area contributed by atoms with Crippen molar-refractivity contribution >= 4 is 23.7 Å². The molecule has 0 aliphatic rings. The van der Waals surface area contributed by atoms with Crippen LogP contribution in [0.3, 0.4) is 0 Å². The summed E-state index contributed by atoms with van der Waals surface area (Å²) in [4.78, 5) is 58.0. The summed E-state index contributed by atoms with van der Waals surface area (Å²) in [6.07, 6.45) is 9.74. The molecule has 43 heavy (non-hydrogen) atoms. The lowest BCUT2D eigenvalue weighted by Crippen LogP contribution is -2.48. The number of amides is 3. The lowest BCUT2D eigenvalue weighted by atomic mass is 10.1. The molecule has 4 heterocycles. The molecule has 14 heteroatoms. The van der Waals surface area contributed by atoms with Gasteiger partial charge in [-0.3, -0.25) is 38.5 Å². The summed E-state index contributed by atoms with van der Waals surface area (Å²) in [5.74, 6) is -1.75. The van der Waals surface area contributed by atoms with Gasteiger partial charge in [0.05, 0.1) is 24.7 Å². The van der Waals surface area contributed by atoms with Gasteiger partial charge in [0.1, 0.15) is 31.4 Å². The first-order valence-corrected chi connectivity index (χ1v) is 13.7. The largest absolute Gasteiger partial charge is 0.468 e. The first-order valence-electron chi connectivity index (χ1n) is 13.7. The fourth-order valence-electron chi connectivity index (χ4n) is 4.13. The average Bonchev–Trinajstić information content (AvgIpc) is 3.69. The number of hydrogen-bond donors (Lipinski definition) is 3. The van der Waals surface area contributed by atoms with E-state index in [0.29, 0.717) is 31.5 Å². The van der Waals surface area contributed by atoms with Gasteiger partial charge in [-0.2, -0.15) is 10.2 Å². The molecular weight excluding hydrogens is 554 g/mol. The normalized spacial score (nSPS) is 11.4. The predicted molar refractivity (Wildman–Crippen MR) is 155 cm³/mol. The van der Waals surface area contributed by atoms with Crippen LogP contribution in [0.15, 0.2) is 73.4 Å². The van der Waals surface area contributed by atoms with Gasteiger partial charge in [0.15, 0.2) is 0 Å². The molecule has 0 fully saturated rings. The minimum atomic E-state index is -0.896. The smallest absolute Gasteiger partial charge is 0.325 e. The van der Waals surface area contributed by atoms with Crippen LogP contribution in [0.1, 0.15) is 19.3 Å². The summed E-state index contributed by atoms with van der Waals surface area (Å²) < 4.78 is 7.57. The Hall–Kier alpha value is -5.40. The van der Waals surface area contributed by atoms with E-state index in [-0.39, 0.29) is 25.5 Å².